The van der Waals surface area contributed by atoms with Crippen molar-refractivity contribution in [3.05, 3.63) is 35.6 Å². The molecule has 3 atom stereocenters. The van der Waals surface area contributed by atoms with Crippen LogP contribution >= 0.6 is 15.9 Å². The van der Waals surface area contributed by atoms with Crippen molar-refractivity contribution in [3.8, 4) is 6.07 Å². The van der Waals surface area contributed by atoms with E-state index < -0.39 is 11.9 Å². The molecule has 5 rings (SSSR count). The lowest BCUT2D eigenvalue weighted by Crippen LogP contribution is -2.54. The Bertz CT molecular complexity index is 729. The van der Waals surface area contributed by atoms with E-state index in [-0.39, 0.29) is 21.2 Å². The molecule has 3 nitrogen and oxygen atoms in total. The summed E-state index contributed by atoms with van der Waals surface area (Å²) < 4.78 is 14.1. The molecule has 0 radical (unpaired) electrons. The molecule has 0 saturated heterocycles. The van der Waals surface area contributed by atoms with Crippen molar-refractivity contribution in [1.29, 1.82) is 5.26 Å². The first kappa shape index (κ1) is 17.0. The minimum atomic E-state index is -0.930. The van der Waals surface area contributed by atoms with Crippen LogP contribution < -0.4 is 5.32 Å². The van der Waals surface area contributed by atoms with E-state index in [0.717, 1.165) is 19.3 Å². The highest BCUT2D eigenvalue weighted by Crippen LogP contribution is 2.65. The fourth-order valence-electron chi connectivity index (χ4n) is 5.98. The molecular weight excluding hydrogens is 383 g/mol. The fourth-order valence-corrected chi connectivity index (χ4v) is 7.49. The molecule has 0 heterocycles. The van der Waals surface area contributed by atoms with E-state index >= 15 is 0 Å². The Morgan fingerprint density at radius 3 is 2.60 bits per heavy atom. The van der Waals surface area contributed by atoms with Crippen LogP contribution in [0, 0.1) is 34.4 Å². The second-order valence-corrected chi connectivity index (χ2v) is 10.1. The van der Waals surface area contributed by atoms with Crippen LogP contribution in [-0.4, -0.2) is 10.2 Å². The van der Waals surface area contributed by atoms with Gasteiger partial charge in [-0.2, -0.15) is 5.26 Å². The molecule has 1 amide bonds. The topological polar surface area (TPSA) is 52.9 Å². The van der Waals surface area contributed by atoms with Gasteiger partial charge in [0.25, 0.3) is 0 Å². The van der Waals surface area contributed by atoms with Crippen LogP contribution in [-0.2, 0) is 4.79 Å². The molecule has 1 aromatic carbocycles. The van der Waals surface area contributed by atoms with Crippen molar-refractivity contribution in [2.24, 2.45) is 17.3 Å². The smallest absolute Gasteiger partial charge is 0.221 e. The standard InChI is InChI=1S/C20H22BrFN2O/c21-20-8-13-5-14(9-20)7-19(6-13,12-20)10-18(25)24-17(11-23)15-3-1-2-4-16(15)22/h1-4,13-14,17H,5-10,12H2,(H,24,25). The highest BCUT2D eigenvalue weighted by atomic mass is 79.9. The third kappa shape index (κ3) is 3.21. The predicted octanol–water partition coefficient (Wildman–Crippen LogP) is 4.63. The Morgan fingerprint density at radius 1 is 1.32 bits per heavy atom. The summed E-state index contributed by atoms with van der Waals surface area (Å²) in [5.74, 6) is 0.843. The first-order valence-electron chi connectivity index (χ1n) is 9.03. The predicted molar refractivity (Wildman–Crippen MR) is 96.3 cm³/mol. The summed E-state index contributed by atoms with van der Waals surface area (Å²) in [6.07, 6.45) is 7.46. The maximum absolute atomic E-state index is 13.9. The van der Waals surface area contributed by atoms with Crippen LogP contribution in [0.15, 0.2) is 24.3 Å². The van der Waals surface area contributed by atoms with Gasteiger partial charge in [-0.15, -0.1) is 0 Å². The second kappa shape index (κ2) is 6.09. The molecular formula is C20H22BrFN2O. The van der Waals surface area contributed by atoms with Crippen LogP contribution in [0.25, 0.3) is 0 Å². The Kier molecular flexibility index (Phi) is 4.15. The highest BCUT2D eigenvalue weighted by Gasteiger charge is 2.57. The number of nitriles is 1. The van der Waals surface area contributed by atoms with Gasteiger partial charge in [-0.05, 0) is 61.8 Å². The van der Waals surface area contributed by atoms with E-state index in [1.54, 1.807) is 18.2 Å². The maximum atomic E-state index is 13.9. The molecule has 4 saturated carbocycles. The lowest BCUT2D eigenvalue weighted by atomic mass is 9.48. The molecule has 25 heavy (non-hydrogen) atoms. The molecule has 1 N–H and O–H groups in total. The van der Waals surface area contributed by atoms with Crippen molar-refractivity contribution >= 4 is 21.8 Å². The number of carbonyl (C=O) groups is 1. The van der Waals surface area contributed by atoms with Gasteiger partial charge in [0.2, 0.25) is 5.91 Å². The molecule has 0 spiro atoms. The second-order valence-electron chi connectivity index (χ2n) is 8.44. The molecule has 0 aromatic heterocycles. The van der Waals surface area contributed by atoms with Crippen LogP contribution in [0.2, 0.25) is 0 Å². The zero-order valence-corrected chi connectivity index (χ0v) is 15.7. The lowest BCUT2D eigenvalue weighted by molar-refractivity contribution is -0.128. The first-order chi connectivity index (χ1) is 11.9. The number of halogens is 2. The molecule has 4 fully saturated rings. The van der Waals surface area contributed by atoms with Gasteiger partial charge >= 0.3 is 0 Å². The van der Waals surface area contributed by atoms with Crippen LogP contribution in [0.3, 0.4) is 0 Å². The molecule has 4 aliphatic carbocycles. The van der Waals surface area contributed by atoms with E-state index in [4.69, 9.17) is 0 Å². The molecule has 1 aromatic rings. The molecule has 5 heteroatoms. The summed E-state index contributed by atoms with van der Waals surface area (Å²) in [5, 5.41) is 12.1. The van der Waals surface area contributed by atoms with E-state index in [2.05, 4.69) is 21.2 Å². The number of nitrogens with zero attached hydrogens (tertiary/aromatic N) is 1. The van der Waals surface area contributed by atoms with Gasteiger partial charge in [0.05, 0.1) is 6.07 Å². The number of amides is 1. The van der Waals surface area contributed by atoms with Gasteiger partial charge in [-0.25, -0.2) is 4.39 Å². The average molecular weight is 405 g/mol. The third-order valence-corrected chi connectivity index (χ3v) is 7.22. The van der Waals surface area contributed by atoms with Crippen molar-refractivity contribution in [2.45, 2.75) is 55.3 Å². The van der Waals surface area contributed by atoms with Gasteiger partial charge in [0.1, 0.15) is 11.9 Å². The quantitative estimate of drug-likeness (QED) is 0.743. The average Bonchev–Trinajstić information content (AvgIpc) is 2.50. The number of alkyl halides is 1. The first-order valence-corrected chi connectivity index (χ1v) is 9.82. The molecule has 4 bridgehead atoms. The van der Waals surface area contributed by atoms with Gasteiger partial charge in [-0.1, -0.05) is 34.1 Å². The van der Waals surface area contributed by atoms with E-state index in [9.17, 15) is 14.4 Å². The summed E-state index contributed by atoms with van der Waals surface area (Å²) in [5.41, 5.74) is 0.285. The van der Waals surface area contributed by atoms with Gasteiger partial charge < -0.3 is 5.32 Å². The Morgan fingerprint density at radius 2 is 2.00 bits per heavy atom. The number of nitrogens with one attached hydrogen (secondary N) is 1. The van der Waals surface area contributed by atoms with Crippen LogP contribution in [0.4, 0.5) is 4.39 Å². The van der Waals surface area contributed by atoms with Crippen molar-refractivity contribution in [2.75, 3.05) is 0 Å². The maximum Gasteiger partial charge on any atom is 0.221 e. The van der Waals surface area contributed by atoms with E-state index in [0.29, 0.717) is 18.3 Å². The molecule has 0 aliphatic heterocycles. The number of carbonyl (C=O) groups excluding carboxylic acids is 1. The van der Waals surface area contributed by atoms with Crippen LogP contribution in [0.1, 0.15) is 56.6 Å². The van der Waals surface area contributed by atoms with Crippen molar-refractivity contribution < 1.29 is 9.18 Å². The van der Waals surface area contributed by atoms with E-state index in [1.165, 1.54) is 25.3 Å². The summed E-state index contributed by atoms with van der Waals surface area (Å²) in [6, 6.07) is 7.24. The lowest BCUT2D eigenvalue weighted by Gasteiger charge is -2.60. The Hall–Kier alpha value is -1.41. The monoisotopic (exact) mass is 404 g/mol. The minimum Gasteiger partial charge on any atom is -0.337 e. The highest BCUT2D eigenvalue weighted by molar-refractivity contribution is 9.10. The summed E-state index contributed by atoms with van der Waals surface area (Å²) in [4.78, 5) is 12.7. The summed E-state index contributed by atoms with van der Waals surface area (Å²) >= 11 is 3.96. The van der Waals surface area contributed by atoms with Crippen molar-refractivity contribution in [3.63, 3.8) is 0 Å². The molecule has 4 aliphatic rings. The summed E-state index contributed by atoms with van der Waals surface area (Å²) in [7, 11) is 0. The van der Waals surface area contributed by atoms with Crippen molar-refractivity contribution in [1.82, 2.24) is 5.32 Å². The van der Waals surface area contributed by atoms with Gasteiger partial charge in [-0.3, -0.25) is 4.79 Å². The minimum absolute atomic E-state index is 0.0485. The zero-order chi connectivity index (χ0) is 17.7. The van der Waals surface area contributed by atoms with Gasteiger partial charge in [0.15, 0.2) is 0 Å². The SMILES string of the molecule is N#CC(NC(=O)CC12CC3CC(CC(Br)(C3)C1)C2)c1ccccc1F. The van der Waals surface area contributed by atoms with Crippen LogP contribution in [0.5, 0.6) is 0 Å². The zero-order valence-electron chi connectivity index (χ0n) is 14.1. The number of hydrogen-bond acceptors (Lipinski definition) is 2. The number of rotatable bonds is 4. The fraction of sp³-hybridized carbons (Fsp3) is 0.600. The normalized spacial score (nSPS) is 36.7. The van der Waals surface area contributed by atoms with E-state index in [1.807, 2.05) is 6.07 Å². The molecule has 3 unspecified atom stereocenters. The summed E-state index contributed by atoms with van der Waals surface area (Å²) in [6.45, 7) is 0. The Balaban J connectivity index is 1.47. The largest absolute Gasteiger partial charge is 0.337 e. The number of benzene rings is 1. The molecule has 132 valence electrons. The Labute approximate surface area is 156 Å². The number of hydrogen-bond donors (Lipinski definition) is 1. The third-order valence-electron chi connectivity index (χ3n) is 6.30. The van der Waals surface area contributed by atoms with Gasteiger partial charge in [0, 0.05) is 16.3 Å².